The Bertz CT molecular complexity index is 822. The Morgan fingerprint density at radius 3 is 2.09 bits per heavy atom. The lowest BCUT2D eigenvalue weighted by atomic mass is 10.0. The molecule has 1 N–H and O–H groups in total. The number of sulfonamides is 1. The average Bonchev–Trinajstić information content (AvgIpc) is 2.82. The van der Waals surface area contributed by atoms with E-state index in [0.717, 1.165) is 11.1 Å². The smallest absolute Gasteiger partial charge is 0.281 e. The molecule has 2 rings (SSSR count). The molecule has 6 heteroatoms. The summed E-state index contributed by atoms with van der Waals surface area (Å²) in [6.45, 7) is 7.23. The maximum absolute atomic E-state index is 12.7. The van der Waals surface area contributed by atoms with Gasteiger partial charge >= 0.3 is 0 Å². The lowest BCUT2D eigenvalue weighted by Gasteiger charge is -2.16. The molecule has 0 atom stereocenters. The van der Waals surface area contributed by atoms with Crippen molar-refractivity contribution in [3.63, 3.8) is 0 Å². The fraction of sp³-hybridized carbons (Fsp3) is 0.312. The molecular formula is C16H20N2O3S. The molecule has 118 valence electrons. The number of aryl methyl sites for hydroxylation is 3. The lowest BCUT2D eigenvalue weighted by molar-refractivity contribution is 0.0973. The van der Waals surface area contributed by atoms with E-state index < -0.39 is 15.9 Å². The lowest BCUT2D eigenvalue weighted by Crippen LogP contribution is -2.33. The van der Waals surface area contributed by atoms with Gasteiger partial charge in [0.25, 0.3) is 15.9 Å². The second-order valence-corrected chi connectivity index (χ2v) is 7.15. The Kier molecular flexibility index (Phi) is 4.15. The maximum atomic E-state index is 12.7. The molecule has 1 aromatic heterocycles. The quantitative estimate of drug-likeness (QED) is 0.944. The number of nitrogens with one attached hydrogen (secondary N) is 1. The van der Waals surface area contributed by atoms with Gasteiger partial charge in [-0.15, -0.1) is 0 Å². The van der Waals surface area contributed by atoms with Crippen LogP contribution in [0.1, 0.15) is 32.7 Å². The highest BCUT2D eigenvalue weighted by Crippen LogP contribution is 2.26. The molecule has 0 saturated heterocycles. The van der Waals surface area contributed by atoms with Gasteiger partial charge in [0.05, 0.1) is 4.90 Å². The van der Waals surface area contributed by atoms with Crippen LogP contribution in [0.5, 0.6) is 0 Å². The van der Waals surface area contributed by atoms with E-state index in [1.165, 1.54) is 0 Å². The summed E-state index contributed by atoms with van der Waals surface area (Å²) in [6, 6.07) is 5.21. The summed E-state index contributed by atoms with van der Waals surface area (Å²) in [5.41, 5.74) is 3.39. The molecule has 1 amide bonds. The van der Waals surface area contributed by atoms with Crippen LogP contribution in [-0.4, -0.2) is 18.9 Å². The molecule has 0 saturated carbocycles. The Hall–Kier alpha value is -2.08. The van der Waals surface area contributed by atoms with E-state index in [-0.39, 0.29) is 4.90 Å². The number of benzene rings is 1. The molecular weight excluding hydrogens is 300 g/mol. The predicted octanol–water partition coefficient (Wildman–Crippen LogP) is 2.38. The van der Waals surface area contributed by atoms with E-state index in [0.29, 0.717) is 16.8 Å². The number of rotatable bonds is 3. The van der Waals surface area contributed by atoms with Crippen molar-refractivity contribution in [2.45, 2.75) is 32.6 Å². The highest BCUT2D eigenvalue weighted by Gasteiger charge is 2.25. The van der Waals surface area contributed by atoms with Gasteiger partial charge in [-0.3, -0.25) is 4.79 Å². The molecule has 0 fully saturated rings. The third-order valence-corrected chi connectivity index (χ3v) is 5.57. The molecule has 0 bridgehead atoms. The molecule has 2 aromatic rings. The molecule has 1 aromatic carbocycles. The first-order valence-electron chi connectivity index (χ1n) is 6.91. The van der Waals surface area contributed by atoms with Gasteiger partial charge in [0.15, 0.2) is 0 Å². The summed E-state index contributed by atoms with van der Waals surface area (Å²) in [6.07, 6.45) is 1.69. The van der Waals surface area contributed by atoms with Crippen LogP contribution in [0.3, 0.4) is 0 Å². The van der Waals surface area contributed by atoms with Gasteiger partial charge in [-0.1, -0.05) is 6.07 Å². The van der Waals surface area contributed by atoms with Crippen molar-refractivity contribution in [1.29, 1.82) is 0 Å². The standard InChI is InChI=1S/C16H20N2O3S/c1-10-9-11(2)13(4)15(12(10)3)22(20,21)17-16(19)14-7-6-8-18(14)5/h6-9H,1-5H3,(H,17,19). The molecule has 0 radical (unpaired) electrons. The van der Waals surface area contributed by atoms with Crippen molar-refractivity contribution in [3.8, 4) is 0 Å². The summed E-state index contributed by atoms with van der Waals surface area (Å²) in [5.74, 6) is -0.634. The van der Waals surface area contributed by atoms with Crippen molar-refractivity contribution in [3.05, 3.63) is 52.3 Å². The summed E-state index contributed by atoms with van der Waals surface area (Å²) in [7, 11) is -2.23. The van der Waals surface area contributed by atoms with Crippen molar-refractivity contribution >= 4 is 15.9 Å². The van der Waals surface area contributed by atoms with Crippen LogP contribution in [0.25, 0.3) is 0 Å². The monoisotopic (exact) mass is 320 g/mol. The van der Waals surface area contributed by atoms with E-state index in [9.17, 15) is 13.2 Å². The van der Waals surface area contributed by atoms with Gasteiger partial charge in [0, 0.05) is 13.2 Å². The summed E-state index contributed by atoms with van der Waals surface area (Å²) in [4.78, 5) is 12.4. The third kappa shape index (κ3) is 2.78. The van der Waals surface area contributed by atoms with Gasteiger partial charge in [-0.25, -0.2) is 13.1 Å². The number of hydrogen-bond donors (Lipinski definition) is 1. The molecule has 0 aliphatic carbocycles. The first kappa shape index (κ1) is 16.3. The number of carbonyl (C=O) groups excluding carboxylic acids is 1. The minimum atomic E-state index is -3.92. The van der Waals surface area contributed by atoms with Crippen molar-refractivity contribution < 1.29 is 13.2 Å². The van der Waals surface area contributed by atoms with E-state index >= 15 is 0 Å². The second-order valence-electron chi connectivity index (χ2n) is 5.53. The van der Waals surface area contributed by atoms with E-state index in [2.05, 4.69) is 4.72 Å². The highest BCUT2D eigenvalue weighted by atomic mass is 32.2. The number of hydrogen-bond acceptors (Lipinski definition) is 3. The first-order chi connectivity index (χ1) is 10.1. The van der Waals surface area contributed by atoms with Crippen LogP contribution < -0.4 is 4.72 Å². The molecule has 22 heavy (non-hydrogen) atoms. The van der Waals surface area contributed by atoms with Crippen LogP contribution in [0.15, 0.2) is 29.3 Å². The fourth-order valence-corrected chi connectivity index (χ4v) is 4.08. The van der Waals surface area contributed by atoms with Gasteiger partial charge in [-0.05, 0) is 62.1 Å². The Morgan fingerprint density at radius 1 is 1.09 bits per heavy atom. The molecule has 0 unspecified atom stereocenters. The van der Waals surface area contributed by atoms with Crippen molar-refractivity contribution in [2.24, 2.45) is 7.05 Å². The van der Waals surface area contributed by atoms with Crippen LogP contribution >= 0.6 is 0 Å². The van der Waals surface area contributed by atoms with Gasteiger partial charge in [0.1, 0.15) is 5.69 Å². The zero-order valence-electron chi connectivity index (χ0n) is 13.4. The topological polar surface area (TPSA) is 68.2 Å². The second kappa shape index (κ2) is 5.61. The average molecular weight is 320 g/mol. The minimum Gasteiger partial charge on any atom is -0.347 e. The number of nitrogens with zero attached hydrogens (tertiary/aromatic N) is 1. The van der Waals surface area contributed by atoms with E-state index in [1.54, 1.807) is 43.8 Å². The Labute approximate surface area is 131 Å². The molecule has 5 nitrogen and oxygen atoms in total. The van der Waals surface area contributed by atoms with Gasteiger partial charge in [-0.2, -0.15) is 0 Å². The van der Waals surface area contributed by atoms with Crippen molar-refractivity contribution in [2.75, 3.05) is 0 Å². The zero-order chi connectivity index (χ0) is 16.7. The number of aromatic nitrogens is 1. The highest BCUT2D eigenvalue weighted by molar-refractivity contribution is 7.90. The Balaban J connectivity index is 2.49. The normalized spacial score (nSPS) is 11.5. The third-order valence-electron chi connectivity index (χ3n) is 3.97. The molecule has 0 aliphatic heterocycles. The minimum absolute atomic E-state index is 0.188. The largest absolute Gasteiger partial charge is 0.347 e. The fourth-order valence-electron chi connectivity index (χ4n) is 2.51. The Morgan fingerprint density at radius 2 is 1.64 bits per heavy atom. The predicted molar refractivity (Wildman–Crippen MR) is 85.5 cm³/mol. The maximum Gasteiger partial charge on any atom is 0.281 e. The molecule has 1 heterocycles. The summed E-state index contributed by atoms with van der Waals surface area (Å²) < 4.78 is 29.0. The van der Waals surface area contributed by atoms with Crippen molar-refractivity contribution in [1.82, 2.24) is 9.29 Å². The number of carbonyl (C=O) groups is 1. The van der Waals surface area contributed by atoms with Crippen LogP contribution in [-0.2, 0) is 17.1 Å². The number of amides is 1. The first-order valence-corrected chi connectivity index (χ1v) is 8.39. The van der Waals surface area contributed by atoms with E-state index in [4.69, 9.17) is 0 Å². The van der Waals surface area contributed by atoms with Gasteiger partial charge < -0.3 is 4.57 Å². The van der Waals surface area contributed by atoms with E-state index in [1.807, 2.05) is 19.9 Å². The van der Waals surface area contributed by atoms with Crippen LogP contribution in [0.2, 0.25) is 0 Å². The van der Waals surface area contributed by atoms with Crippen LogP contribution in [0.4, 0.5) is 0 Å². The SMILES string of the molecule is Cc1cc(C)c(C)c(S(=O)(=O)NC(=O)c2cccn2C)c1C. The van der Waals surface area contributed by atoms with Crippen LogP contribution in [0, 0.1) is 27.7 Å². The molecule has 0 aliphatic rings. The zero-order valence-corrected chi connectivity index (χ0v) is 14.2. The summed E-state index contributed by atoms with van der Waals surface area (Å²) >= 11 is 0. The van der Waals surface area contributed by atoms with Gasteiger partial charge in [0.2, 0.25) is 0 Å². The summed E-state index contributed by atoms with van der Waals surface area (Å²) in [5, 5.41) is 0. The molecule has 0 spiro atoms.